The lowest BCUT2D eigenvalue weighted by atomic mass is 10.0. The summed E-state index contributed by atoms with van der Waals surface area (Å²) in [4.78, 5) is 4.48. The SMILES string of the molecule is NCc1cnn2cc(C3CCCC3)cnc12. The Hall–Kier alpha value is -1.42. The van der Waals surface area contributed by atoms with Crippen LogP contribution >= 0.6 is 0 Å². The molecule has 3 rings (SSSR count). The van der Waals surface area contributed by atoms with Crippen LogP contribution in [0.4, 0.5) is 0 Å². The molecule has 0 saturated heterocycles. The molecule has 0 amide bonds. The molecule has 1 saturated carbocycles. The minimum Gasteiger partial charge on any atom is -0.326 e. The highest BCUT2D eigenvalue weighted by molar-refractivity contribution is 5.46. The fourth-order valence-corrected chi connectivity index (χ4v) is 2.55. The van der Waals surface area contributed by atoms with E-state index in [0.717, 1.165) is 11.2 Å². The van der Waals surface area contributed by atoms with Gasteiger partial charge in [-0.2, -0.15) is 5.10 Å². The van der Waals surface area contributed by atoms with Gasteiger partial charge < -0.3 is 5.73 Å². The van der Waals surface area contributed by atoms with Crippen molar-refractivity contribution in [3.05, 3.63) is 29.7 Å². The highest BCUT2D eigenvalue weighted by Crippen LogP contribution is 2.33. The summed E-state index contributed by atoms with van der Waals surface area (Å²) in [6.45, 7) is 0.499. The van der Waals surface area contributed by atoms with Crippen molar-refractivity contribution in [1.82, 2.24) is 14.6 Å². The van der Waals surface area contributed by atoms with E-state index < -0.39 is 0 Å². The van der Waals surface area contributed by atoms with Crippen molar-refractivity contribution in [3.8, 4) is 0 Å². The van der Waals surface area contributed by atoms with E-state index >= 15 is 0 Å². The number of nitrogens with two attached hydrogens (primary N) is 1. The van der Waals surface area contributed by atoms with Crippen molar-refractivity contribution in [2.45, 2.75) is 38.1 Å². The number of aromatic nitrogens is 3. The van der Waals surface area contributed by atoms with Crippen molar-refractivity contribution in [1.29, 1.82) is 0 Å². The first-order valence-corrected chi connectivity index (χ1v) is 5.90. The first kappa shape index (κ1) is 9.78. The van der Waals surface area contributed by atoms with E-state index in [-0.39, 0.29) is 0 Å². The molecule has 1 aliphatic rings. The van der Waals surface area contributed by atoms with Gasteiger partial charge in [0.25, 0.3) is 0 Å². The standard InChI is InChI=1S/C12H16N4/c13-5-10-7-15-16-8-11(6-14-12(10)16)9-3-1-2-4-9/h6-9H,1-5,13H2. The van der Waals surface area contributed by atoms with Crippen molar-refractivity contribution in [2.75, 3.05) is 0 Å². The topological polar surface area (TPSA) is 56.2 Å². The zero-order chi connectivity index (χ0) is 11.0. The van der Waals surface area contributed by atoms with Gasteiger partial charge in [-0.05, 0) is 24.3 Å². The predicted molar refractivity (Wildman–Crippen MR) is 62.1 cm³/mol. The van der Waals surface area contributed by atoms with Gasteiger partial charge in [-0.3, -0.25) is 0 Å². The normalized spacial score (nSPS) is 17.3. The van der Waals surface area contributed by atoms with Gasteiger partial charge in [-0.25, -0.2) is 9.50 Å². The van der Waals surface area contributed by atoms with Gasteiger partial charge in [0.05, 0.1) is 6.20 Å². The van der Waals surface area contributed by atoms with Crippen LogP contribution in [0.15, 0.2) is 18.6 Å². The molecule has 0 atom stereocenters. The first-order valence-electron chi connectivity index (χ1n) is 5.90. The average Bonchev–Trinajstić information content (AvgIpc) is 2.97. The summed E-state index contributed by atoms with van der Waals surface area (Å²) < 4.78 is 1.86. The maximum absolute atomic E-state index is 5.63. The molecule has 4 nitrogen and oxygen atoms in total. The maximum atomic E-state index is 5.63. The second-order valence-electron chi connectivity index (χ2n) is 4.51. The third-order valence-corrected chi connectivity index (χ3v) is 3.50. The molecule has 2 N–H and O–H groups in total. The van der Waals surface area contributed by atoms with Gasteiger partial charge in [0, 0.05) is 24.5 Å². The Balaban J connectivity index is 2.02. The van der Waals surface area contributed by atoms with Crippen LogP contribution in [-0.2, 0) is 6.54 Å². The van der Waals surface area contributed by atoms with E-state index in [1.807, 2.05) is 10.7 Å². The van der Waals surface area contributed by atoms with Crippen molar-refractivity contribution < 1.29 is 0 Å². The third-order valence-electron chi connectivity index (χ3n) is 3.50. The van der Waals surface area contributed by atoms with Crippen LogP contribution in [0.3, 0.4) is 0 Å². The highest BCUT2D eigenvalue weighted by Gasteiger charge is 2.18. The molecule has 0 aromatic carbocycles. The quantitative estimate of drug-likeness (QED) is 0.833. The Labute approximate surface area is 94.5 Å². The summed E-state index contributed by atoms with van der Waals surface area (Å²) in [6, 6.07) is 0. The van der Waals surface area contributed by atoms with Gasteiger partial charge in [-0.1, -0.05) is 12.8 Å². The van der Waals surface area contributed by atoms with Crippen LogP contribution in [0.25, 0.3) is 5.65 Å². The molecule has 16 heavy (non-hydrogen) atoms. The number of hydrogen-bond acceptors (Lipinski definition) is 3. The smallest absolute Gasteiger partial charge is 0.159 e. The van der Waals surface area contributed by atoms with Crippen LogP contribution in [0.1, 0.15) is 42.7 Å². The van der Waals surface area contributed by atoms with E-state index in [4.69, 9.17) is 5.73 Å². The van der Waals surface area contributed by atoms with Gasteiger partial charge in [-0.15, -0.1) is 0 Å². The molecule has 0 aliphatic heterocycles. The second-order valence-corrected chi connectivity index (χ2v) is 4.51. The molecule has 0 spiro atoms. The van der Waals surface area contributed by atoms with E-state index in [2.05, 4.69) is 16.3 Å². The Bertz CT molecular complexity index is 497. The van der Waals surface area contributed by atoms with E-state index in [1.165, 1.54) is 31.2 Å². The predicted octanol–water partition coefficient (Wildman–Crippen LogP) is 1.85. The molecule has 1 aliphatic carbocycles. The number of hydrogen-bond donors (Lipinski definition) is 1. The second kappa shape index (κ2) is 3.87. The molecule has 2 aromatic heterocycles. The molecule has 2 heterocycles. The molecule has 2 aromatic rings. The summed E-state index contributed by atoms with van der Waals surface area (Å²) in [5.41, 5.74) is 8.85. The number of fused-ring (bicyclic) bond motifs is 1. The van der Waals surface area contributed by atoms with Crippen molar-refractivity contribution in [3.63, 3.8) is 0 Å². The molecular weight excluding hydrogens is 200 g/mol. The summed E-state index contributed by atoms with van der Waals surface area (Å²) in [5.74, 6) is 0.683. The van der Waals surface area contributed by atoms with Gasteiger partial charge in [0.2, 0.25) is 0 Å². The first-order chi connectivity index (χ1) is 7.88. The summed E-state index contributed by atoms with van der Waals surface area (Å²) in [7, 11) is 0. The number of nitrogens with zero attached hydrogens (tertiary/aromatic N) is 3. The Morgan fingerprint density at radius 2 is 2.12 bits per heavy atom. The summed E-state index contributed by atoms with van der Waals surface area (Å²) in [5, 5.41) is 4.30. The Morgan fingerprint density at radius 3 is 2.88 bits per heavy atom. The van der Waals surface area contributed by atoms with E-state index in [9.17, 15) is 0 Å². The van der Waals surface area contributed by atoms with Crippen LogP contribution in [-0.4, -0.2) is 14.6 Å². The van der Waals surface area contributed by atoms with Crippen LogP contribution in [0.5, 0.6) is 0 Å². The van der Waals surface area contributed by atoms with Gasteiger partial charge >= 0.3 is 0 Å². The van der Waals surface area contributed by atoms with Crippen molar-refractivity contribution in [2.24, 2.45) is 5.73 Å². The number of rotatable bonds is 2. The molecule has 0 bridgehead atoms. The van der Waals surface area contributed by atoms with Crippen LogP contribution in [0.2, 0.25) is 0 Å². The van der Waals surface area contributed by atoms with Crippen LogP contribution in [0, 0.1) is 0 Å². The molecule has 1 fully saturated rings. The minimum atomic E-state index is 0.499. The summed E-state index contributed by atoms with van der Waals surface area (Å²) >= 11 is 0. The minimum absolute atomic E-state index is 0.499. The molecule has 0 radical (unpaired) electrons. The fourth-order valence-electron chi connectivity index (χ4n) is 2.55. The Morgan fingerprint density at radius 1 is 1.31 bits per heavy atom. The van der Waals surface area contributed by atoms with E-state index in [1.54, 1.807) is 6.20 Å². The van der Waals surface area contributed by atoms with Crippen molar-refractivity contribution >= 4 is 5.65 Å². The molecular formula is C12H16N4. The maximum Gasteiger partial charge on any atom is 0.159 e. The molecule has 84 valence electrons. The van der Waals surface area contributed by atoms with Gasteiger partial charge in [0.1, 0.15) is 0 Å². The lowest BCUT2D eigenvalue weighted by Crippen LogP contribution is -2.00. The molecule has 4 heteroatoms. The zero-order valence-electron chi connectivity index (χ0n) is 9.26. The average molecular weight is 216 g/mol. The highest BCUT2D eigenvalue weighted by atomic mass is 15.2. The molecule has 0 unspecified atom stereocenters. The Kier molecular flexibility index (Phi) is 2.36. The van der Waals surface area contributed by atoms with Crippen LogP contribution < -0.4 is 5.73 Å². The summed E-state index contributed by atoms with van der Waals surface area (Å²) in [6.07, 6.45) is 11.2. The largest absolute Gasteiger partial charge is 0.326 e. The monoisotopic (exact) mass is 216 g/mol. The zero-order valence-corrected chi connectivity index (χ0v) is 9.26. The third kappa shape index (κ3) is 1.50. The lowest BCUT2D eigenvalue weighted by molar-refractivity contribution is 0.707. The fraction of sp³-hybridized carbons (Fsp3) is 0.500. The lowest BCUT2D eigenvalue weighted by Gasteiger charge is -2.08. The van der Waals surface area contributed by atoms with E-state index in [0.29, 0.717) is 12.5 Å². The van der Waals surface area contributed by atoms with Gasteiger partial charge in [0.15, 0.2) is 5.65 Å².